The van der Waals surface area contributed by atoms with Gasteiger partial charge in [0.05, 0.1) is 13.0 Å². The molecule has 0 fully saturated rings. The first kappa shape index (κ1) is 13.4. The number of anilines is 1. The van der Waals surface area contributed by atoms with Gasteiger partial charge in [-0.25, -0.2) is 0 Å². The van der Waals surface area contributed by atoms with Crippen molar-refractivity contribution in [2.45, 2.75) is 6.42 Å². The number of hydrogen-bond donors (Lipinski definition) is 2. The van der Waals surface area contributed by atoms with Crippen molar-refractivity contribution < 1.29 is 9.53 Å². The fourth-order valence-corrected chi connectivity index (χ4v) is 2.27. The highest BCUT2D eigenvalue weighted by Crippen LogP contribution is 2.13. The van der Waals surface area contributed by atoms with Gasteiger partial charge in [-0.15, -0.1) is 0 Å². The largest absolute Gasteiger partial charge is 0.492 e. The number of nitrogens with two attached hydrogens (primary N) is 1. The fourth-order valence-electron chi connectivity index (χ4n) is 1.60. The Balaban J connectivity index is 1.65. The molecule has 0 aliphatic carbocycles. The van der Waals surface area contributed by atoms with E-state index < -0.39 is 0 Å². The van der Waals surface area contributed by atoms with E-state index in [1.165, 1.54) is 0 Å². The molecule has 0 radical (unpaired) electrons. The van der Waals surface area contributed by atoms with Crippen LogP contribution in [-0.4, -0.2) is 19.1 Å². The number of nitrogens with one attached hydrogen (secondary N) is 1. The minimum Gasteiger partial charge on any atom is -0.492 e. The number of nitrogen functional groups attached to an aromatic ring is 1. The van der Waals surface area contributed by atoms with Crippen LogP contribution in [0.25, 0.3) is 0 Å². The summed E-state index contributed by atoms with van der Waals surface area (Å²) in [6.07, 6.45) is 0.418. The van der Waals surface area contributed by atoms with E-state index in [4.69, 9.17) is 10.5 Å². The molecule has 3 N–H and O–H groups in total. The van der Waals surface area contributed by atoms with E-state index in [-0.39, 0.29) is 5.91 Å². The molecule has 4 nitrogen and oxygen atoms in total. The zero-order chi connectivity index (χ0) is 13.5. The van der Waals surface area contributed by atoms with Gasteiger partial charge >= 0.3 is 0 Å². The highest BCUT2D eigenvalue weighted by atomic mass is 32.1. The molecule has 1 heterocycles. The maximum absolute atomic E-state index is 11.6. The molecule has 0 saturated carbocycles. The minimum absolute atomic E-state index is 0.00887. The lowest BCUT2D eigenvalue weighted by atomic mass is 10.2. The SMILES string of the molecule is Nc1cccc(OCCNC(=O)Cc2ccsc2)c1. The quantitative estimate of drug-likeness (QED) is 0.627. The van der Waals surface area contributed by atoms with Crippen LogP contribution in [0.15, 0.2) is 41.1 Å². The van der Waals surface area contributed by atoms with Crippen LogP contribution in [0.2, 0.25) is 0 Å². The van der Waals surface area contributed by atoms with Crippen molar-refractivity contribution in [3.8, 4) is 5.75 Å². The molecule has 1 aromatic heterocycles. The van der Waals surface area contributed by atoms with E-state index in [2.05, 4.69) is 5.32 Å². The summed E-state index contributed by atoms with van der Waals surface area (Å²) in [5, 5.41) is 6.75. The zero-order valence-electron chi connectivity index (χ0n) is 10.5. The van der Waals surface area contributed by atoms with Gasteiger partial charge in [-0.2, -0.15) is 11.3 Å². The van der Waals surface area contributed by atoms with Crippen LogP contribution in [0.4, 0.5) is 5.69 Å². The Morgan fingerprint density at radius 3 is 3.00 bits per heavy atom. The molecule has 2 aromatic rings. The third-order valence-corrected chi connectivity index (χ3v) is 3.23. The Kier molecular flexibility index (Phi) is 4.80. The Bertz CT molecular complexity index is 526. The second-order valence-electron chi connectivity index (χ2n) is 4.08. The van der Waals surface area contributed by atoms with Crippen LogP contribution in [0.5, 0.6) is 5.75 Å². The molecule has 0 aliphatic heterocycles. The first-order valence-corrected chi connectivity index (χ1v) is 6.94. The normalized spacial score (nSPS) is 10.1. The van der Waals surface area contributed by atoms with Crippen molar-refractivity contribution in [2.24, 2.45) is 0 Å². The Labute approximate surface area is 116 Å². The average Bonchev–Trinajstić information content (AvgIpc) is 2.87. The first-order valence-electron chi connectivity index (χ1n) is 6.00. The summed E-state index contributed by atoms with van der Waals surface area (Å²) in [4.78, 5) is 11.6. The lowest BCUT2D eigenvalue weighted by Crippen LogP contribution is -2.29. The van der Waals surface area contributed by atoms with Gasteiger partial charge < -0.3 is 15.8 Å². The number of carbonyl (C=O) groups excluding carboxylic acids is 1. The topological polar surface area (TPSA) is 64.3 Å². The Morgan fingerprint density at radius 2 is 2.26 bits per heavy atom. The van der Waals surface area contributed by atoms with E-state index in [1.54, 1.807) is 23.5 Å². The smallest absolute Gasteiger partial charge is 0.224 e. The fraction of sp³-hybridized carbons (Fsp3) is 0.214. The van der Waals surface area contributed by atoms with Crippen molar-refractivity contribution in [1.82, 2.24) is 5.32 Å². The van der Waals surface area contributed by atoms with Crippen LogP contribution in [0.1, 0.15) is 5.56 Å². The van der Waals surface area contributed by atoms with Gasteiger partial charge in [0.25, 0.3) is 0 Å². The van der Waals surface area contributed by atoms with E-state index in [9.17, 15) is 4.79 Å². The standard InChI is InChI=1S/C14H16N2O2S/c15-12-2-1-3-13(9-12)18-6-5-16-14(17)8-11-4-7-19-10-11/h1-4,7,9-10H,5-6,8,15H2,(H,16,17). The summed E-state index contributed by atoms with van der Waals surface area (Å²) in [6, 6.07) is 9.18. The molecule has 0 saturated heterocycles. The van der Waals surface area contributed by atoms with Crippen molar-refractivity contribution in [2.75, 3.05) is 18.9 Å². The summed E-state index contributed by atoms with van der Waals surface area (Å²) in [5.74, 6) is 0.724. The molecule has 19 heavy (non-hydrogen) atoms. The van der Waals surface area contributed by atoms with Crippen LogP contribution in [0, 0.1) is 0 Å². The molecule has 0 atom stereocenters. The van der Waals surface area contributed by atoms with Crippen LogP contribution >= 0.6 is 11.3 Å². The highest BCUT2D eigenvalue weighted by molar-refractivity contribution is 7.07. The molecule has 1 amide bonds. The number of amides is 1. The van der Waals surface area contributed by atoms with Gasteiger partial charge in [-0.1, -0.05) is 6.07 Å². The molecular weight excluding hydrogens is 260 g/mol. The lowest BCUT2D eigenvalue weighted by molar-refractivity contribution is -0.120. The van der Waals surface area contributed by atoms with Crippen LogP contribution < -0.4 is 15.8 Å². The predicted molar refractivity (Wildman–Crippen MR) is 77.4 cm³/mol. The average molecular weight is 276 g/mol. The number of rotatable bonds is 6. The van der Waals surface area contributed by atoms with Gasteiger partial charge in [-0.05, 0) is 34.5 Å². The van der Waals surface area contributed by atoms with Crippen LogP contribution in [-0.2, 0) is 11.2 Å². The first-order chi connectivity index (χ1) is 9.24. The summed E-state index contributed by atoms with van der Waals surface area (Å²) in [5.41, 5.74) is 7.34. The van der Waals surface area contributed by atoms with Gasteiger partial charge in [0, 0.05) is 11.8 Å². The van der Waals surface area contributed by atoms with Crippen molar-refractivity contribution in [3.05, 3.63) is 46.7 Å². The molecule has 100 valence electrons. The summed E-state index contributed by atoms with van der Waals surface area (Å²) in [6.45, 7) is 0.913. The molecule has 5 heteroatoms. The van der Waals surface area contributed by atoms with E-state index in [0.717, 1.165) is 5.56 Å². The second kappa shape index (κ2) is 6.80. The van der Waals surface area contributed by atoms with E-state index in [0.29, 0.717) is 31.0 Å². The van der Waals surface area contributed by atoms with Crippen molar-refractivity contribution in [3.63, 3.8) is 0 Å². The summed E-state index contributed by atoms with van der Waals surface area (Å²) >= 11 is 1.59. The number of hydrogen-bond acceptors (Lipinski definition) is 4. The van der Waals surface area contributed by atoms with Gasteiger partial charge in [0.1, 0.15) is 12.4 Å². The number of benzene rings is 1. The Hall–Kier alpha value is -2.01. The summed E-state index contributed by atoms with van der Waals surface area (Å²) < 4.78 is 5.48. The summed E-state index contributed by atoms with van der Waals surface area (Å²) in [7, 11) is 0. The molecule has 0 bridgehead atoms. The van der Waals surface area contributed by atoms with E-state index in [1.807, 2.05) is 29.0 Å². The molecule has 0 spiro atoms. The number of ether oxygens (including phenoxy) is 1. The van der Waals surface area contributed by atoms with Gasteiger partial charge in [0.2, 0.25) is 5.91 Å². The highest BCUT2D eigenvalue weighted by Gasteiger charge is 2.03. The maximum Gasteiger partial charge on any atom is 0.224 e. The van der Waals surface area contributed by atoms with Gasteiger partial charge in [-0.3, -0.25) is 4.79 Å². The van der Waals surface area contributed by atoms with Crippen molar-refractivity contribution >= 4 is 22.9 Å². The van der Waals surface area contributed by atoms with E-state index >= 15 is 0 Å². The maximum atomic E-state index is 11.6. The third-order valence-electron chi connectivity index (χ3n) is 2.50. The molecule has 0 unspecified atom stereocenters. The lowest BCUT2D eigenvalue weighted by Gasteiger charge is -2.07. The zero-order valence-corrected chi connectivity index (χ0v) is 11.3. The van der Waals surface area contributed by atoms with Crippen molar-refractivity contribution in [1.29, 1.82) is 0 Å². The number of carbonyl (C=O) groups is 1. The predicted octanol–water partition coefficient (Wildman–Crippen LogP) is 2.07. The monoisotopic (exact) mass is 276 g/mol. The van der Waals surface area contributed by atoms with Crippen LogP contribution in [0.3, 0.4) is 0 Å². The Morgan fingerprint density at radius 1 is 1.37 bits per heavy atom. The number of thiophene rings is 1. The molecular formula is C14H16N2O2S. The molecule has 2 rings (SSSR count). The molecule has 1 aromatic carbocycles. The van der Waals surface area contributed by atoms with Gasteiger partial charge in [0.15, 0.2) is 0 Å². The molecule has 0 aliphatic rings. The second-order valence-corrected chi connectivity index (χ2v) is 4.86. The minimum atomic E-state index is 0.00887. The third kappa shape index (κ3) is 4.63.